The Labute approximate surface area is 113 Å². The van der Waals surface area contributed by atoms with Crippen LogP contribution in [0, 0.1) is 17.2 Å². The third-order valence-electron chi connectivity index (χ3n) is 3.72. The lowest BCUT2D eigenvalue weighted by molar-refractivity contribution is -0.117. The van der Waals surface area contributed by atoms with Gasteiger partial charge in [-0.25, -0.2) is 0 Å². The number of anilines is 1. The van der Waals surface area contributed by atoms with Crippen LogP contribution in [0.3, 0.4) is 0 Å². The molecule has 1 aromatic carbocycles. The largest absolute Gasteiger partial charge is 0.330 e. The van der Waals surface area contributed by atoms with Crippen LogP contribution >= 0.6 is 0 Å². The van der Waals surface area contributed by atoms with Crippen LogP contribution in [0.1, 0.15) is 25.8 Å². The maximum Gasteiger partial charge on any atom is 0.227 e. The van der Waals surface area contributed by atoms with Gasteiger partial charge in [0.2, 0.25) is 5.91 Å². The number of hydrogen-bond acceptors (Lipinski definition) is 3. The fourth-order valence-electron chi connectivity index (χ4n) is 2.31. The molecule has 2 N–H and O–H groups in total. The van der Waals surface area contributed by atoms with Gasteiger partial charge < -0.3 is 10.6 Å². The van der Waals surface area contributed by atoms with Crippen molar-refractivity contribution in [1.29, 1.82) is 5.26 Å². The van der Waals surface area contributed by atoms with Crippen LogP contribution < -0.4 is 10.6 Å². The van der Waals surface area contributed by atoms with Gasteiger partial charge in [0.15, 0.2) is 0 Å². The van der Waals surface area contributed by atoms with Crippen molar-refractivity contribution in [2.24, 2.45) is 11.7 Å². The minimum atomic E-state index is -0.507. The molecule has 0 aromatic heterocycles. The summed E-state index contributed by atoms with van der Waals surface area (Å²) in [5.41, 5.74) is 6.96. The summed E-state index contributed by atoms with van der Waals surface area (Å²) in [6.07, 6.45) is 0.530. The zero-order valence-corrected chi connectivity index (χ0v) is 11.4. The number of carbonyl (C=O) groups excluding carboxylic acids is 1. The highest BCUT2D eigenvalue weighted by Gasteiger charge is 2.29. The van der Waals surface area contributed by atoms with E-state index in [2.05, 4.69) is 6.07 Å². The average Bonchev–Trinajstić information content (AvgIpc) is 2.80. The van der Waals surface area contributed by atoms with Gasteiger partial charge in [0.25, 0.3) is 0 Å². The van der Waals surface area contributed by atoms with Crippen molar-refractivity contribution >= 4 is 11.6 Å². The fourth-order valence-corrected chi connectivity index (χ4v) is 2.31. The van der Waals surface area contributed by atoms with Crippen LogP contribution in [0.2, 0.25) is 0 Å². The molecule has 4 nitrogen and oxygen atoms in total. The summed E-state index contributed by atoms with van der Waals surface area (Å²) in [6.45, 7) is 5.00. The first kappa shape index (κ1) is 13.6. The molecule has 1 aliphatic rings. The Kier molecular flexibility index (Phi) is 3.59. The Morgan fingerprint density at radius 3 is 2.53 bits per heavy atom. The zero-order valence-electron chi connectivity index (χ0n) is 11.4. The highest BCUT2D eigenvalue weighted by molar-refractivity contribution is 5.95. The zero-order chi connectivity index (χ0) is 14.0. The van der Waals surface area contributed by atoms with Gasteiger partial charge >= 0.3 is 0 Å². The van der Waals surface area contributed by atoms with E-state index in [4.69, 9.17) is 11.0 Å². The van der Waals surface area contributed by atoms with Gasteiger partial charge in [-0.2, -0.15) is 5.26 Å². The second-order valence-corrected chi connectivity index (χ2v) is 5.59. The molecular formula is C15H19N3O. The number of carbonyl (C=O) groups is 1. The molecule has 0 radical (unpaired) electrons. The number of rotatable bonds is 3. The molecule has 1 heterocycles. The first-order valence-corrected chi connectivity index (χ1v) is 6.50. The van der Waals surface area contributed by atoms with Gasteiger partial charge in [0, 0.05) is 18.7 Å². The normalized spacial score (nSPS) is 19.6. The van der Waals surface area contributed by atoms with E-state index in [1.54, 1.807) is 4.90 Å². The molecule has 0 spiro atoms. The molecule has 0 bridgehead atoms. The quantitative estimate of drug-likeness (QED) is 0.897. The fraction of sp³-hybridized carbons (Fsp3) is 0.467. The highest BCUT2D eigenvalue weighted by atomic mass is 16.2. The molecule has 1 amide bonds. The van der Waals surface area contributed by atoms with Crippen molar-refractivity contribution in [3.8, 4) is 6.07 Å². The SMILES string of the molecule is CC(C)(C#N)c1ccc(N2CC(CN)CC2=O)cc1. The smallest absolute Gasteiger partial charge is 0.227 e. The maximum atomic E-state index is 11.9. The number of benzene rings is 1. The lowest BCUT2D eigenvalue weighted by Gasteiger charge is -2.20. The van der Waals surface area contributed by atoms with Gasteiger partial charge in [-0.15, -0.1) is 0 Å². The van der Waals surface area contributed by atoms with E-state index in [0.29, 0.717) is 19.5 Å². The summed E-state index contributed by atoms with van der Waals surface area (Å²) in [7, 11) is 0. The van der Waals surface area contributed by atoms with Crippen molar-refractivity contribution in [1.82, 2.24) is 0 Å². The second kappa shape index (κ2) is 5.02. The molecule has 19 heavy (non-hydrogen) atoms. The molecule has 1 unspecified atom stereocenters. The monoisotopic (exact) mass is 257 g/mol. The Morgan fingerprint density at radius 1 is 1.42 bits per heavy atom. The molecule has 0 saturated carbocycles. The van der Waals surface area contributed by atoms with Gasteiger partial charge in [-0.05, 0) is 44.0 Å². The van der Waals surface area contributed by atoms with Crippen molar-refractivity contribution in [2.45, 2.75) is 25.7 Å². The van der Waals surface area contributed by atoms with Crippen LogP contribution in [-0.2, 0) is 10.2 Å². The molecule has 4 heteroatoms. The summed E-state index contributed by atoms with van der Waals surface area (Å²) < 4.78 is 0. The molecule has 0 aliphatic carbocycles. The van der Waals surface area contributed by atoms with Gasteiger partial charge in [0.05, 0.1) is 11.5 Å². The third-order valence-corrected chi connectivity index (χ3v) is 3.72. The first-order chi connectivity index (χ1) is 8.97. The third kappa shape index (κ3) is 2.61. The summed E-state index contributed by atoms with van der Waals surface area (Å²) in [5.74, 6) is 0.380. The van der Waals surface area contributed by atoms with Crippen molar-refractivity contribution in [2.75, 3.05) is 18.0 Å². The highest BCUT2D eigenvalue weighted by Crippen LogP contribution is 2.28. The van der Waals surface area contributed by atoms with Gasteiger partial charge in [0.1, 0.15) is 0 Å². The van der Waals surface area contributed by atoms with E-state index in [1.807, 2.05) is 38.1 Å². The lowest BCUT2D eigenvalue weighted by atomic mass is 9.86. The molecule has 1 saturated heterocycles. The molecule has 2 rings (SSSR count). The van der Waals surface area contributed by atoms with Crippen LogP contribution in [0.5, 0.6) is 0 Å². The molecule has 1 aliphatic heterocycles. The molecule has 1 fully saturated rings. The predicted molar refractivity (Wildman–Crippen MR) is 74.6 cm³/mol. The van der Waals surface area contributed by atoms with Crippen molar-refractivity contribution in [3.05, 3.63) is 29.8 Å². The Hall–Kier alpha value is -1.86. The van der Waals surface area contributed by atoms with Gasteiger partial charge in [-0.3, -0.25) is 4.79 Å². The van der Waals surface area contributed by atoms with Crippen LogP contribution in [0.25, 0.3) is 0 Å². The number of hydrogen-bond donors (Lipinski definition) is 1. The molecule has 1 aromatic rings. The number of nitrogens with zero attached hydrogens (tertiary/aromatic N) is 2. The van der Waals surface area contributed by atoms with Crippen molar-refractivity contribution in [3.63, 3.8) is 0 Å². The van der Waals surface area contributed by atoms with E-state index in [1.165, 1.54) is 0 Å². The Bertz CT molecular complexity index is 513. The minimum Gasteiger partial charge on any atom is -0.330 e. The van der Waals surface area contributed by atoms with E-state index in [9.17, 15) is 4.79 Å². The van der Waals surface area contributed by atoms with Crippen LogP contribution in [-0.4, -0.2) is 19.0 Å². The van der Waals surface area contributed by atoms with Crippen molar-refractivity contribution < 1.29 is 4.79 Å². The summed E-state index contributed by atoms with van der Waals surface area (Å²) >= 11 is 0. The Morgan fingerprint density at radius 2 is 2.05 bits per heavy atom. The minimum absolute atomic E-state index is 0.128. The molecule has 1 atom stereocenters. The summed E-state index contributed by atoms with van der Waals surface area (Å²) in [5, 5.41) is 9.11. The molecule has 100 valence electrons. The van der Waals surface area contributed by atoms with E-state index < -0.39 is 5.41 Å². The number of nitrogens with two attached hydrogens (primary N) is 1. The van der Waals surface area contributed by atoms with E-state index in [-0.39, 0.29) is 11.8 Å². The van der Waals surface area contributed by atoms with Crippen LogP contribution in [0.15, 0.2) is 24.3 Å². The Balaban J connectivity index is 2.20. The molecular weight excluding hydrogens is 238 g/mol. The average molecular weight is 257 g/mol. The topological polar surface area (TPSA) is 70.1 Å². The number of nitriles is 1. The first-order valence-electron chi connectivity index (χ1n) is 6.50. The van der Waals surface area contributed by atoms with Gasteiger partial charge in [-0.1, -0.05) is 12.1 Å². The summed E-state index contributed by atoms with van der Waals surface area (Å²) in [6, 6.07) is 9.93. The van der Waals surface area contributed by atoms with E-state index in [0.717, 1.165) is 11.3 Å². The van der Waals surface area contributed by atoms with Crippen LogP contribution in [0.4, 0.5) is 5.69 Å². The van der Waals surface area contributed by atoms with E-state index >= 15 is 0 Å². The maximum absolute atomic E-state index is 11.9. The lowest BCUT2D eigenvalue weighted by Crippen LogP contribution is -2.25. The number of amides is 1. The second-order valence-electron chi connectivity index (χ2n) is 5.59. The standard InChI is InChI=1S/C15H19N3O/c1-15(2,10-17)12-3-5-13(6-4-12)18-9-11(8-16)7-14(18)19/h3-6,11H,7-9,16H2,1-2H3. The summed E-state index contributed by atoms with van der Waals surface area (Å²) in [4.78, 5) is 13.7. The predicted octanol–water partition coefficient (Wildman–Crippen LogP) is 1.80.